The lowest BCUT2D eigenvalue weighted by Gasteiger charge is -2.13. The molecule has 0 unspecified atom stereocenters. The van der Waals surface area contributed by atoms with Gasteiger partial charge in [-0.15, -0.1) is 0 Å². The Morgan fingerprint density at radius 3 is 2.50 bits per heavy atom. The van der Waals surface area contributed by atoms with Gasteiger partial charge in [0.2, 0.25) is 0 Å². The number of anilines is 1. The number of amides is 2. The van der Waals surface area contributed by atoms with Crippen LogP contribution in [-0.2, 0) is 9.59 Å². The Balaban J connectivity index is 2.70. The van der Waals surface area contributed by atoms with E-state index in [1.807, 2.05) is 39.8 Å². The van der Waals surface area contributed by atoms with Gasteiger partial charge in [-0.2, -0.15) is 0 Å². The lowest BCUT2D eigenvalue weighted by molar-refractivity contribution is -0.136. The molecule has 2 amide bonds. The van der Waals surface area contributed by atoms with E-state index in [9.17, 15) is 9.59 Å². The van der Waals surface area contributed by atoms with E-state index in [-0.39, 0.29) is 6.04 Å². The van der Waals surface area contributed by atoms with Crippen LogP contribution in [0.2, 0.25) is 0 Å². The predicted molar refractivity (Wildman–Crippen MR) is 72.4 cm³/mol. The van der Waals surface area contributed by atoms with Crippen molar-refractivity contribution in [2.45, 2.75) is 40.2 Å². The summed E-state index contributed by atoms with van der Waals surface area (Å²) in [5, 5.41) is 5.26. The second-order valence-electron chi connectivity index (χ2n) is 4.48. The van der Waals surface area contributed by atoms with E-state index in [1.54, 1.807) is 6.07 Å². The summed E-state index contributed by atoms with van der Waals surface area (Å²) in [5.41, 5.74) is 2.73. The summed E-state index contributed by atoms with van der Waals surface area (Å²) in [5.74, 6) is -1.21. The third kappa shape index (κ3) is 3.58. The van der Waals surface area contributed by atoms with E-state index >= 15 is 0 Å². The van der Waals surface area contributed by atoms with Gasteiger partial charge in [0.15, 0.2) is 0 Å². The maximum absolute atomic E-state index is 11.7. The van der Waals surface area contributed by atoms with Crippen LogP contribution in [0.5, 0.6) is 0 Å². The minimum atomic E-state index is -0.621. The van der Waals surface area contributed by atoms with Gasteiger partial charge < -0.3 is 10.6 Å². The molecule has 0 aliphatic heterocycles. The van der Waals surface area contributed by atoms with Gasteiger partial charge >= 0.3 is 11.8 Å². The van der Waals surface area contributed by atoms with E-state index in [4.69, 9.17) is 0 Å². The summed E-state index contributed by atoms with van der Waals surface area (Å²) in [6.45, 7) is 7.69. The lowest BCUT2D eigenvalue weighted by Crippen LogP contribution is -2.40. The summed E-state index contributed by atoms with van der Waals surface area (Å²) in [6, 6.07) is 5.60. The van der Waals surface area contributed by atoms with Crippen molar-refractivity contribution in [1.82, 2.24) is 5.32 Å². The van der Waals surface area contributed by atoms with Gasteiger partial charge in [-0.25, -0.2) is 0 Å². The van der Waals surface area contributed by atoms with Gasteiger partial charge in [-0.3, -0.25) is 9.59 Å². The van der Waals surface area contributed by atoms with Gasteiger partial charge in [-0.1, -0.05) is 19.1 Å². The molecule has 0 aromatic heterocycles. The first-order valence-corrected chi connectivity index (χ1v) is 6.13. The number of rotatable bonds is 3. The summed E-state index contributed by atoms with van der Waals surface area (Å²) >= 11 is 0. The molecule has 1 aromatic carbocycles. The normalized spacial score (nSPS) is 11.8. The zero-order valence-corrected chi connectivity index (χ0v) is 11.3. The van der Waals surface area contributed by atoms with Crippen molar-refractivity contribution in [3.05, 3.63) is 29.3 Å². The molecule has 98 valence electrons. The zero-order valence-electron chi connectivity index (χ0n) is 11.3. The average molecular weight is 248 g/mol. The molecule has 1 aromatic rings. The molecule has 18 heavy (non-hydrogen) atoms. The summed E-state index contributed by atoms with van der Waals surface area (Å²) in [4.78, 5) is 23.3. The van der Waals surface area contributed by atoms with Crippen molar-refractivity contribution in [2.75, 3.05) is 5.32 Å². The zero-order chi connectivity index (χ0) is 13.7. The fourth-order valence-electron chi connectivity index (χ4n) is 1.46. The lowest BCUT2D eigenvalue weighted by atomic mass is 10.1. The Hall–Kier alpha value is -1.84. The van der Waals surface area contributed by atoms with Gasteiger partial charge in [0.05, 0.1) is 0 Å². The van der Waals surface area contributed by atoms with Crippen molar-refractivity contribution >= 4 is 17.5 Å². The van der Waals surface area contributed by atoms with Gasteiger partial charge in [-0.05, 0) is 44.4 Å². The number of benzene rings is 1. The molecule has 0 saturated heterocycles. The molecule has 0 saturated carbocycles. The molecule has 0 bridgehead atoms. The SMILES string of the molecule is CC[C@H](C)NC(=O)C(=O)Nc1cccc(C)c1C. The first kappa shape index (κ1) is 14.2. The number of hydrogen-bond donors (Lipinski definition) is 2. The molecule has 4 heteroatoms. The maximum atomic E-state index is 11.7. The Morgan fingerprint density at radius 2 is 1.89 bits per heavy atom. The smallest absolute Gasteiger partial charge is 0.313 e. The van der Waals surface area contributed by atoms with Crippen molar-refractivity contribution < 1.29 is 9.59 Å². The number of carbonyl (C=O) groups excluding carboxylic acids is 2. The molecule has 1 rings (SSSR count). The summed E-state index contributed by atoms with van der Waals surface area (Å²) < 4.78 is 0. The van der Waals surface area contributed by atoms with E-state index < -0.39 is 11.8 Å². The Bertz CT molecular complexity index is 455. The van der Waals surface area contributed by atoms with Crippen LogP contribution in [0.15, 0.2) is 18.2 Å². The van der Waals surface area contributed by atoms with Crippen molar-refractivity contribution in [1.29, 1.82) is 0 Å². The quantitative estimate of drug-likeness (QED) is 0.805. The second kappa shape index (κ2) is 6.19. The Morgan fingerprint density at radius 1 is 1.22 bits per heavy atom. The Kier molecular flexibility index (Phi) is 4.89. The van der Waals surface area contributed by atoms with Crippen LogP contribution >= 0.6 is 0 Å². The highest BCUT2D eigenvalue weighted by Gasteiger charge is 2.16. The highest BCUT2D eigenvalue weighted by atomic mass is 16.2. The minimum Gasteiger partial charge on any atom is -0.345 e. The van der Waals surface area contributed by atoms with Gasteiger partial charge in [0, 0.05) is 11.7 Å². The average Bonchev–Trinajstić information content (AvgIpc) is 2.34. The van der Waals surface area contributed by atoms with Crippen LogP contribution in [0.1, 0.15) is 31.4 Å². The van der Waals surface area contributed by atoms with Crippen molar-refractivity contribution in [2.24, 2.45) is 0 Å². The van der Waals surface area contributed by atoms with E-state index in [0.29, 0.717) is 5.69 Å². The minimum absolute atomic E-state index is 0.00172. The van der Waals surface area contributed by atoms with Crippen molar-refractivity contribution in [3.8, 4) is 0 Å². The second-order valence-corrected chi connectivity index (χ2v) is 4.48. The molecule has 0 spiro atoms. The topological polar surface area (TPSA) is 58.2 Å². The molecule has 0 heterocycles. The van der Waals surface area contributed by atoms with Crippen LogP contribution in [0.25, 0.3) is 0 Å². The fourth-order valence-corrected chi connectivity index (χ4v) is 1.46. The van der Waals surface area contributed by atoms with Crippen LogP contribution in [0.4, 0.5) is 5.69 Å². The largest absolute Gasteiger partial charge is 0.345 e. The molecule has 0 aliphatic rings. The predicted octanol–water partition coefficient (Wildman–Crippen LogP) is 2.16. The molecule has 1 atom stereocenters. The number of aryl methyl sites for hydroxylation is 1. The molecular weight excluding hydrogens is 228 g/mol. The first-order chi connectivity index (χ1) is 8.45. The van der Waals surface area contributed by atoms with Crippen LogP contribution < -0.4 is 10.6 Å². The summed E-state index contributed by atoms with van der Waals surface area (Å²) in [7, 11) is 0. The molecule has 0 aliphatic carbocycles. The third-order valence-electron chi connectivity index (χ3n) is 3.05. The van der Waals surface area contributed by atoms with E-state index in [1.165, 1.54) is 0 Å². The van der Waals surface area contributed by atoms with Crippen LogP contribution in [0.3, 0.4) is 0 Å². The highest BCUT2D eigenvalue weighted by Crippen LogP contribution is 2.17. The van der Waals surface area contributed by atoms with Gasteiger partial charge in [0.1, 0.15) is 0 Å². The van der Waals surface area contributed by atoms with Crippen LogP contribution in [0, 0.1) is 13.8 Å². The molecule has 0 fully saturated rings. The fraction of sp³-hybridized carbons (Fsp3) is 0.429. The van der Waals surface area contributed by atoms with E-state index in [2.05, 4.69) is 10.6 Å². The first-order valence-electron chi connectivity index (χ1n) is 6.13. The number of carbonyl (C=O) groups is 2. The standard InChI is InChI=1S/C14H20N2O2/c1-5-10(3)15-13(17)14(18)16-12-8-6-7-9(2)11(12)4/h6-8,10H,5H2,1-4H3,(H,15,17)(H,16,18)/t10-/m0/s1. The van der Waals surface area contributed by atoms with E-state index in [0.717, 1.165) is 17.5 Å². The summed E-state index contributed by atoms with van der Waals surface area (Å²) in [6.07, 6.45) is 0.794. The molecule has 4 nitrogen and oxygen atoms in total. The molecule has 0 radical (unpaired) electrons. The van der Waals surface area contributed by atoms with Crippen LogP contribution in [-0.4, -0.2) is 17.9 Å². The third-order valence-corrected chi connectivity index (χ3v) is 3.05. The monoisotopic (exact) mass is 248 g/mol. The molecular formula is C14H20N2O2. The van der Waals surface area contributed by atoms with Crippen molar-refractivity contribution in [3.63, 3.8) is 0 Å². The number of hydrogen-bond acceptors (Lipinski definition) is 2. The van der Waals surface area contributed by atoms with Gasteiger partial charge in [0.25, 0.3) is 0 Å². The maximum Gasteiger partial charge on any atom is 0.313 e. The Labute approximate surface area is 108 Å². The molecule has 2 N–H and O–H groups in total. The number of nitrogens with one attached hydrogen (secondary N) is 2. The highest BCUT2D eigenvalue weighted by molar-refractivity contribution is 6.39.